The average molecular weight is 516 g/mol. The number of fused-ring (bicyclic) bond motifs is 1. The summed E-state index contributed by atoms with van der Waals surface area (Å²) in [6.07, 6.45) is -3.80. The molecule has 4 atom stereocenters. The first kappa shape index (κ1) is 27.1. The third kappa shape index (κ3) is 5.06. The third-order valence-electron chi connectivity index (χ3n) is 7.61. The number of ether oxygens (including phenoxy) is 1. The molecule has 1 aliphatic rings. The van der Waals surface area contributed by atoms with Gasteiger partial charge in [0.1, 0.15) is 12.2 Å². The Hall–Kier alpha value is -1.48. The second kappa shape index (κ2) is 8.88. The zero-order valence-corrected chi connectivity index (χ0v) is 23.9. The Morgan fingerprint density at radius 2 is 1.65 bits per heavy atom. The predicted octanol–water partition coefficient (Wildman–Crippen LogP) is 5.20. The normalized spacial score (nSPS) is 24.8. The highest BCUT2D eigenvalue weighted by Gasteiger charge is 2.52. The second-order valence-electron chi connectivity index (χ2n) is 12.1. The molecule has 0 spiro atoms. The summed E-state index contributed by atoms with van der Waals surface area (Å²) in [7, 11) is -4.46. The topological polar surface area (TPSA) is 97.3 Å². The van der Waals surface area contributed by atoms with E-state index < -0.39 is 47.3 Å². The number of alkyl halides is 1. The Labute approximate surface area is 202 Å². The maximum Gasteiger partial charge on any atom is 0.312 e. The standard InChI is InChI=1S/C22H39F2N5O3Si2/c1-21(2,3)33(7,8)30-11-13-16(32-34(9,10)22(4,5)6)14(23)19(31-13)29-12-26-15-17(25)27-20(24)28-18(15)29/h12-14,16,19H,11H2,1-10H3,(H2,25,27,28)/t13-,14+,16-,19-/m1/s1. The van der Waals surface area contributed by atoms with Crippen LogP contribution in [0.25, 0.3) is 11.2 Å². The number of nitrogens with two attached hydrogens (primary N) is 1. The van der Waals surface area contributed by atoms with Gasteiger partial charge >= 0.3 is 6.08 Å². The molecule has 1 aliphatic heterocycles. The molecular formula is C22H39F2N5O3Si2. The van der Waals surface area contributed by atoms with E-state index in [1.807, 2.05) is 0 Å². The summed E-state index contributed by atoms with van der Waals surface area (Å²) < 4.78 is 50.5. The van der Waals surface area contributed by atoms with E-state index >= 15 is 4.39 Å². The highest BCUT2D eigenvalue weighted by Crippen LogP contribution is 2.44. The van der Waals surface area contributed by atoms with Crippen molar-refractivity contribution < 1.29 is 22.4 Å². The summed E-state index contributed by atoms with van der Waals surface area (Å²) in [6, 6.07) is 0. The fraction of sp³-hybridized carbons (Fsp3) is 0.773. The lowest BCUT2D eigenvalue weighted by atomic mass is 10.1. The zero-order chi connectivity index (χ0) is 25.9. The van der Waals surface area contributed by atoms with E-state index in [9.17, 15) is 4.39 Å². The van der Waals surface area contributed by atoms with Crippen LogP contribution in [0.2, 0.25) is 36.3 Å². The number of halogens is 2. The van der Waals surface area contributed by atoms with Gasteiger partial charge in [-0.15, -0.1) is 0 Å². The van der Waals surface area contributed by atoms with Crippen LogP contribution in [0.5, 0.6) is 0 Å². The summed E-state index contributed by atoms with van der Waals surface area (Å²) in [5, 5.41) is -0.134. The molecule has 2 aromatic rings. The Bertz CT molecular complexity index is 1040. The van der Waals surface area contributed by atoms with Crippen molar-refractivity contribution in [2.24, 2.45) is 0 Å². The van der Waals surface area contributed by atoms with Crippen molar-refractivity contribution in [3.8, 4) is 0 Å². The van der Waals surface area contributed by atoms with Crippen LogP contribution in [-0.2, 0) is 13.6 Å². The highest BCUT2D eigenvalue weighted by molar-refractivity contribution is 6.74. The lowest BCUT2D eigenvalue weighted by Crippen LogP contribution is -2.50. The van der Waals surface area contributed by atoms with Gasteiger partial charge in [-0.3, -0.25) is 4.57 Å². The molecule has 192 valence electrons. The Morgan fingerprint density at radius 1 is 1.06 bits per heavy atom. The minimum absolute atomic E-state index is 0.0115. The van der Waals surface area contributed by atoms with Crippen molar-refractivity contribution >= 4 is 33.6 Å². The molecular weight excluding hydrogens is 476 g/mol. The lowest BCUT2D eigenvalue weighted by molar-refractivity contribution is -0.0421. The molecule has 0 aromatic carbocycles. The lowest BCUT2D eigenvalue weighted by Gasteiger charge is -2.40. The first-order valence-electron chi connectivity index (χ1n) is 11.6. The minimum atomic E-state index is -2.35. The molecule has 0 unspecified atom stereocenters. The van der Waals surface area contributed by atoms with Crippen molar-refractivity contribution in [2.45, 2.75) is 102 Å². The van der Waals surface area contributed by atoms with E-state index in [-0.39, 0.29) is 33.7 Å². The summed E-state index contributed by atoms with van der Waals surface area (Å²) in [5.41, 5.74) is 6.06. The number of anilines is 1. The van der Waals surface area contributed by atoms with Gasteiger partial charge < -0.3 is 19.3 Å². The molecule has 0 amide bonds. The quantitative estimate of drug-likeness (QED) is 0.417. The van der Waals surface area contributed by atoms with Gasteiger partial charge in [0.15, 0.2) is 46.0 Å². The molecule has 12 heteroatoms. The van der Waals surface area contributed by atoms with Gasteiger partial charge in [0.2, 0.25) is 0 Å². The van der Waals surface area contributed by atoms with Crippen molar-refractivity contribution in [2.75, 3.05) is 12.3 Å². The van der Waals surface area contributed by atoms with Crippen molar-refractivity contribution in [3.05, 3.63) is 12.4 Å². The first-order chi connectivity index (χ1) is 15.4. The van der Waals surface area contributed by atoms with Gasteiger partial charge in [0, 0.05) is 0 Å². The van der Waals surface area contributed by atoms with Gasteiger partial charge in [-0.1, -0.05) is 41.5 Å². The van der Waals surface area contributed by atoms with Crippen LogP contribution in [0.1, 0.15) is 47.8 Å². The van der Waals surface area contributed by atoms with E-state index in [1.54, 1.807) is 0 Å². The predicted molar refractivity (Wildman–Crippen MR) is 134 cm³/mol. The number of nitrogen functional groups attached to an aromatic ring is 1. The molecule has 0 radical (unpaired) electrons. The van der Waals surface area contributed by atoms with Crippen LogP contribution >= 0.6 is 0 Å². The summed E-state index contributed by atoms with van der Waals surface area (Å²) >= 11 is 0. The average Bonchev–Trinajstić information content (AvgIpc) is 3.20. The first-order valence-corrected chi connectivity index (χ1v) is 17.4. The monoisotopic (exact) mass is 515 g/mol. The molecule has 8 nitrogen and oxygen atoms in total. The fourth-order valence-corrected chi connectivity index (χ4v) is 5.64. The SMILES string of the molecule is CC(C)(C)[Si](C)(C)OC[C@H]1O[C@@H](n2cnc3c(N)nc(F)nc32)[C@@H](F)[C@@H]1O[Si](C)(C)C(C)(C)C. The van der Waals surface area contributed by atoms with Gasteiger partial charge in [-0.2, -0.15) is 14.4 Å². The molecule has 0 saturated carbocycles. The molecule has 1 saturated heterocycles. The Kier molecular flexibility index (Phi) is 7.08. The maximum atomic E-state index is 16.1. The van der Waals surface area contributed by atoms with Crippen molar-refractivity contribution in [1.29, 1.82) is 0 Å². The number of aromatic nitrogens is 4. The van der Waals surface area contributed by atoms with Crippen LogP contribution in [0.4, 0.5) is 14.6 Å². The maximum absolute atomic E-state index is 16.1. The van der Waals surface area contributed by atoms with Crippen LogP contribution < -0.4 is 5.73 Å². The second-order valence-corrected chi connectivity index (χ2v) is 21.7. The molecule has 2 aromatic heterocycles. The molecule has 1 fully saturated rings. The number of hydrogen-bond acceptors (Lipinski definition) is 7. The van der Waals surface area contributed by atoms with Crippen LogP contribution in [-0.4, -0.2) is 61.1 Å². The molecule has 3 rings (SSSR count). The zero-order valence-electron chi connectivity index (χ0n) is 21.9. The summed E-state index contributed by atoms with van der Waals surface area (Å²) in [4.78, 5) is 11.5. The fourth-order valence-electron chi connectivity index (χ4n) is 3.31. The summed E-state index contributed by atoms with van der Waals surface area (Å²) in [6.45, 7) is 21.4. The van der Waals surface area contributed by atoms with Gasteiger partial charge in [-0.05, 0) is 36.3 Å². The number of imidazole rings is 1. The van der Waals surface area contributed by atoms with Crippen molar-refractivity contribution in [3.63, 3.8) is 0 Å². The van der Waals surface area contributed by atoms with Crippen LogP contribution in [0.15, 0.2) is 6.33 Å². The number of nitrogens with zero attached hydrogens (tertiary/aromatic N) is 4. The molecule has 34 heavy (non-hydrogen) atoms. The van der Waals surface area contributed by atoms with Gasteiger partial charge in [0.05, 0.1) is 12.9 Å². The van der Waals surface area contributed by atoms with Crippen LogP contribution in [0, 0.1) is 6.08 Å². The minimum Gasteiger partial charge on any atom is -0.414 e. The van der Waals surface area contributed by atoms with Gasteiger partial charge in [0.25, 0.3) is 0 Å². The third-order valence-corrected chi connectivity index (χ3v) is 16.6. The number of hydrogen-bond donors (Lipinski definition) is 1. The smallest absolute Gasteiger partial charge is 0.312 e. The van der Waals surface area contributed by atoms with Crippen molar-refractivity contribution in [1.82, 2.24) is 19.5 Å². The largest absolute Gasteiger partial charge is 0.414 e. The van der Waals surface area contributed by atoms with Crippen LogP contribution in [0.3, 0.4) is 0 Å². The Morgan fingerprint density at radius 3 is 2.21 bits per heavy atom. The molecule has 0 bridgehead atoms. The van der Waals surface area contributed by atoms with Gasteiger partial charge in [-0.25, -0.2) is 9.37 Å². The number of rotatable bonds is 6. The van der Waals surface area contributed by atoms with E-state index in [1.165, 1.54) is 10.9 Å². The van der Waals surface area contributed by atoms with E-state index in [0.717, 1.165) is 0 Å². The van der Waals surface area contributed by atoms with E-state index in [0.29, 0.717) is 0 Å². The molecule has 2 N–H and O–H groups in total. The molecule has 0 aliphatic carbocycles. The summed E-state index contributed by atoms with van der Waals surface area (Å²) in [5.74, 6) is -0.110. The van der Waals surface area contributed by atoms with E-state index in [2.05, 4.69) is 82.7 Å². The van der Waals surface area contributed by atoms with E-state index in [4.69, 9.17) is 19.3 Å². The highest BCUT2D eigenvalue weighted by atomic mass is 28.4. The molecule has 3 heterocycles. The Balaban J connectivity index is 1.97.